The number of sulfonamides is 1. The predicted octanol–water partition coefficient (Wildman–Crippen LogP) is 3.71. The number of aryl methyl sites for hydroxylation is 1. The van der Waals surface area contributed by atoms with E-state index in [1.54, 1.807) is 6.07 Å². The molecule has 1 amide bonds. The van der Waals surface area contributed by atoms with Crippen molar-refractivity contribution in [3.05, 3.63) is 53.8 Å². The molecule has 1 atom stereocenters. The highest BCUT2D eigenvalue weighted by atomic mass is 32.2. The largest absolute Gasteiger partial charge is 0.495 e. The van der Waals surface area contributed by atoms with Crippen LogP contribution in [0.4, 0.5) is 10.1 Å². The van der Waals surface area contributed by atoms with Gasteiger partial charge in [0.25, 0.3) is 0 Å². The fourth-order valence-corrected chi connectivity index (χ4v) is 5.26. The number of hydrogen-bond acceptors (Lipinski definition) is 4. The highest BCUT2D eigenvalue weighted by Gasteiger charge is 2.34. The van der Waals surface area contributed by atoms with Gasteiger partial charge in [0, 0.05) is 19.0 Å². The number of carbonyl (C=O) groups is 1. The van der Waals surface area contributed by atoms with E-state index in [-0.39, 0.29) is 17.2 Å². The third kappa shape index (κ3) is 4.94. The molecule has 0 saturated carbocycles. The van der Waals surface area contributed by atoms with Crippen LogP contribution < -0.4 is 10.1 Å². The summed E-state index contributed by atoms with van der Waals surface area (Å²) in [7, 11) is -2.28. The highest BCUT2D eigenvalue weighted by Crippen LogP contribution is 2.29. The Balaban J connectivity index is 1.77. The number of carbonyl (C=O) groups excluding carboxylic acids is 1. The summed E-state index contributed by atoms with van der Waals surface area (Å²) >= 11 is 0. The van der Waals surface area contributed by atoms with Crippen LogP contribution in [-0.4, -0.2) is 38.3 Å². The summed E-state index contributed by atoms with van der Waals surface area (Å²) in [6.45, 7) is 2.25. The summed E-state index contributed by atoms with van der Waals surface area (Å²) in [4.78, 5) is 12.7. The Hall–Kier alpha value is -2.45. The minimum absolute atomic E-state index is 0.0339. The van der Waals surface area contributed by atoms with Crippen LogP contribution in [-0.2, 0) is 14.8 Å². The van der Waals surface area contributed by atoms with Crippen LogP contribution in [0.15, 0.2) is 47.4 Å². The zero-order valence-corrected chi connectivity index (χ0v) is 17.3. The molecule has 0 unspecified atom stereocenters. The maximum Gasteiger partial charge on any atom is 0.243 e. The number of rotatable bonds is 6. The first-order chi connectivity index (χ1) is 13.8. The van der Waals surface area contributed by atoms with E-state index in [0.717, 1.165) is 30.5 Å². The van der Waals surface area contributed by atoms with Gasteiger partial charge < -0.3 is 10.1 Å². The molecule has 1 saturated heterocycles. The molecule has 1 fully saturated rings. The van der Waals surface area contributed by atoms with E-state index in [1.807, 2.05) is 19.1 Å². The smallest absolute Gasteiger partial charge is 0.243 e. The Labute approximate surface area is 170 Å². The molecule has 1 heterocycles. The second kappa shape index (κ2) is 8.92. The van der Waals surface area contributed by atoms with Gasteiger partial charge in [0.1, 0.15) is 11.6 Å². The summed E-state index contributed by atoms with van der Waals surface area (Å²) in [6, 6.07) is 9.79. The van der Waals surface area contributed by atoms with Crippen molar-refractivity contribution in [2.24, 2.45) is 0 Å². The number of ether oxygens (including phenoxy) is 1. The summed E-state index contributed by atoms with van der Waals surface area (Å²) in [5.74, 6) is -0.228. The van der Waals surface area contributed by atoms with Gasteiger partial charge >= 0.3 is 0 Å². The minimum Gasteiger partial charge on any atom is -0.495 e. The SMILES string of the molecule is COc1ccc(C)cc1NC(=O)C[C@H]1CCCCN1S(=O)(=O)c1ccc(F)cc1. The summed E-state index contributed by atoms with van der Waals surface area (Å²) in [5.41, 5.74) is 1.53. The Morgan fingerprint density at radius 1 is 1.21 bits per heavy atom. The van der Waals surface area contributed by atoms with Gasteiger partial charge in [-0.3, -0.25) is 4.79 Å². The molecule has 0 spiro atoms. The number of hydrogen-bond donors (Lipinski definition) is 1. The van der Waals surface area contributed by atoms with Crippen molar-refractivity contribution >= 4 is 21.6 Å². The lowest BCUT2D eigenvalue weighted by molar-refractivity contribution is -0.117. The van der Waals surface area contributed by atoms with Gasteiger partial charge in [-0.15, -0.1) is 0 Å². The van der Waals surface area contributed by atoms with E-state index in [1.165, 1.54) is 23.5 Å². The van der Waals surface area contributed by atoms with E-state index in [4.69, 9.17) is 4.74 Å². The van der Waals surface area contributed by atoms with Crippen LogP contribution in [0.3, 0.4) is 0 Å². The van der Waals surface area contributed by atoms with Crippen molar-refractivity contribution in [1.29, 1.82) is 0 Å². The van der Waals surface area contributed by atoms with Gasteiger partial charge in [-0.25, -0.2) is 12.8 Å². The number of halogens is 1. The van der Waals surface area contributed by atoms with E-state index in [0.29, 0.717) is 24.4 Å². The molecule has 1 aliphatic heterocycles. The molecule has 3 rings (SSSR count). The lowest BCUT2D eigenvalue weighted by atomic mass is 10.0. The van der Waals surface area contributed by atoms with Crippen LogP contribution in [0.25, 0.3) is 0 Å². The van der Waals surface area contributed by atoms with Crippen molar-refractivity contribution in [3.63, 3.8) is 0 Å². The molecule has 1 N–H and O–H groups in total. The van der Waals surface area contributed by atoms with E-state index < -0.39 is 21.9 Å². The van der Waals surface area contributed by atoms with E-state index in [9.17, 15) is 17.6 Å². The molecule has 8 heteroatoms. The number of benzene rings is 2. The van der Waals surface area contributed by atoms with Crippen LogP contribution >= 0.6 is 0 Å². The van der Waals surface area contributed by atoms with Crippen molar-refractivity contribution in [1.82, 2.24) is 4.31 Å². The fraction of sp³-hybridized carbons (Fsp3) is 0.381. The average molecular weight is 421 g/mol. The maximum atomic E-state index is 13.2. The molecule has 2 aromatic carbocycles. The molecule has 6 nitrogen and oxygen atoms in total. The van der Waals surface area contributed by atoms with Crippen molar-refractivity contribution in [2.45, 2.75) is 43.5 Å². The first-order valence-electron chi connectivity index (χ1n) is 9.53. The molecular formula is C21H25FN2O4S. The second-order valence-corrected chi connectivity index (χ2v) is 9.07. The molecule has 0 aromatic heterocycles. The number of nitrogens with zero attached hydrogens (tertiary/aromatic N) is 1. The molecule has 1 aliphatic rings. The Morgan fingerprint density at radius 3 is 2.62 bits per heavy atom. The van der Waals surface area contributed by atoms with Crippen LogP contribution in [0.1, 0.15) is 31.2 Å². The van der Waals surface area contributed by atoms with Gasteiger partial charge in [0.2, 0.25) is 15.9 Å². The van der Waals surface area contributed by atoms with Crippen LogP contribution in [0.2, 0.25) is 0 Å². The Morgan fingerprint density at radius 2 is 1.93 bits per heavy atom. The first-order valence-corrected chi connectivity index (χ1v) is 11.0. The molecule has 0 aliphatic carbocycles. The predicted molar refractivity (Wildman–Crippen MR) is 109 cm³/mol. The number of anilines is 1. The minimum atomic E-state index is -3.80. The third-order valence-electron chi connectivity index (χ3n) is 5.04. The zero-order valence-electron chi connectivity index (χ0n) is 16.5. The number of amides is 1. The lowest BCUT2D eigenvalue weighted by Gasteiger charge is -2.34. The van der Waals surface area contributed by atoms with Gasteiger partial charge in [-0.1, -0.05) is 12.5 Å². The number of nitrogens with one attached hydrogen (secondary N) is 1. The normalized spacial score (nSPS) is 17.7. The van der Waals surface area contributed by atoms with Crippen LogP contribution in [0, 0.1) is 12.7 Å². The monoisotopic (exact) mass is 420 g/mol. The standard InChI is InChI=1S/C21H25FN2O4S/c1-15-6-11-20(28-2)19(13-15)23-21(25)14-17-5-3-4-12-24(17)29(26,27)18-9-7-16(22)8-10-18/h6-11,13,17H,3-5,12,14H2,1-2H3,(H,23,25)/t17-/m1/s1. The molecule has 2 aromatic rings. The second-order valence-electron chi connectivity index (χ2n) is 7.18. The maximum absolute atomic E-state index is 13.2. The highest BCUT2D eigenvalue weighted by molar-refractivity contribution is 7.89. The zero-order chi connectivity index (χ0) is 21.0. The van der Waals surface area contributed by atoms with Gasteiger partial charge in [-0.05, 0) is 61.7 Å². The topological polar surface area (TPSA) is 75.7 Å². The van der Waals surface area contributed by atoms with Crippen molar-refractivity contribution < 1.29 is 22.3 Å². The molecule has 29 heavy (non-hydrogen) atoms. The third-order valence-corrected chi connectivity index (χ3v) is 7.01. The lowest BCUT2D eigenvalue weighted by Crippen LogP contribution is -2.45. The number of piperidine rings is 1. The molecule has 0 bridgehead atoms. The van der Waals surface area contributed by atoms with E-state index in [2.05, 4.69) is 5.32 Å². The molecular weight excluding hydrogens is 395 g/mol. The van der Waals surface area contributed by atoms with Crippen LogP contribution in [0.5, 0.6) is 5.75 Å². The summed E-state index contributed by atoms with van der Waals surface area (Å²) < 4.78 is 45.9. The summed E-state index contributed by atoms with van der Waals surface area (Å²) in [6.07, 6.45) is 2.21. The summed E-state index contributed by atoms with van der Waals surface area (Å²) in [5, 5.41) is 2.83. The van der Waals surface area contributed by atoms with Gasteiger partial charge in [-0.2, -0.15) is 4.31 Å². The average Bonchev–Trinajstić information content (AvgIpc) is 2.69. The van der Waals surface area contributed by atoms with Gasteiger partial charge in [0.15, 0.2) is 0 Å². The molecule has 0 radical (unpaired) electrons. The first kappa shape index (κ1) is 21.3. The Bertz CT molecular complexity index is 977. The van der Waals surface area contributed by atoms with E-state index >= 15 is 0 Å². The molecule has 156 valence electrons. The quantitative estimate of drug-likeness (QED) is 0.773. The van der Waals surface area contributed by atoms with Gasteiger partial charge in [0.05, 0.1) is 17.7 Å². The number of methoxy groups -OCH3 is 1. The fourth-order valence-electron chi connectivity index (χ4n) is 3.57. The van der Waals surface area contributed by atoms with Crippen molar-refractivity contribution in [3.8, 4) is 5.75 Å². The van der Waals surface area contributed by atoms with Crippen molar-refractivity contribution in [2.75, 3.05) is 19.0 Å². The Kier molecular flexibility index (Phi) is 6.54.